The number of aryl methyl sites for hydroxylation is 2. The molecule has 0 atom stereocenters. The zero-order valence-corrected chi connectivity index (χ0v) is 32.3. The highest BCUT2D eigenvalue weighted by atomic mass is 15.1. The van der Waals surface area contributed by atoms with Gasteiger partial charge in [-0.15, -0.1) is 0 Å². The van der Waals surface area contributed by atoms with Gasteiger partial charge in [0, 0.05) is 11.4 Å². The highest BCUT2D eigenvalue weighted by molar-refractivity contribution is 6.22. The molecule has 4 nitrogen and oxygen atoms in total. The van der Waals surface area contributed by atoms with E-state index >= 15 is 0 Å². The third-order valence-electron chi connectivity index (χ3n) is 11.6. The Morgan fingerprint density at radius 3 is 1.09 bits per heavy atom. The predicted molar refractivity (Wildman–Crippen MR) is 242 cm³/mol. The van der Waals surface area contributed by atoms with Crippen molar-refractivity contribution in [2.75, 3.05) is 0 Å². The predicted octanol–water partition coefficient (Wildman–Crippen LogP) is 14.0. The van der Waals surface area contributed by atoms with Crippen molar-refractivity contribution in [3.05, 3.63) is 206 Å². The third kappa shape index (κ3) is 5.53. The van der Waals surface area contributed by atoms with E-state index in [4.69, 9.17) is 9.97 Å². The van der Waals surface area contributed by atoms with Crippen molar-refractivity contribution >= 4 is 43.6 Å². The van der Waals surface area contributed by atoms with Gasteiger partial charge in [-0.05, 0) is 141 Å². The molecular weight excluding hydrogens is 705 g/mol. The zero-order valence-electron chi connectivity index (χ0n) is 32.3. The van der Waals surface area contributed by atoms with Crippen LogP contribution in [0, 0.1) is 13.8 Å². The molecule has 58 heavy (non-hydrogen) atoms. The van der Waals surface area contributed by atoms with E-state index in [1.54, 1.807) is 0 Å². The fraction of sp³-hybridized carbons (Fsp3) is 0.0370. The van der Waals surface area contributed by atoms with Crippen LogP contribution in [0.5, 0.6) is 0 Å². The smallest absolute Gasteiger partial charge is 0.111 e. The van der Waals surface area contributed by atoms with Crippen LogP contribution in [0.15, 0.2) is 194 Å². The van der Waals surface area contributed by atoms with Crippen molar-refractivity contribution in [1.82, 2.24) is 19.1 Å². The molecule has 0 unspecified atom stereocenters. The lowest BCUT2D eigenvalue weighted by molar-refractivity contribution is 1.00. The minimum atomic E-state index is 0.978. The van der Waals surface area contributed by atoms with Crippen LogP contribution in [-0.4, -0.2) is 19.1 Å². The number of nitrogens with zero attached hydrogens (tertiary/aromatic N) is 4. The Hall–Kier alpha value is -7.56. The number of aromatic nitrogens is 4. The summed E-state index contributed by atoms with van der Waals surface area (Å²) < 4.78 is 4.46. The second kappa shape index (κ2) is 13.6. The number of imidazole rings is 2. The molecule has 0 fully saturated rings. The van der Waals surface area contributed by atoms with Gasteiger partial charge in [0.2, 0.25) is 0 Å². The Labute approximate surface area is 337 Å². The number of hydrogen-bond donors (Lipinski definition) is 0. The molecule has 0 spiro atoms. The maximum atomic E-state index is 4.81. The lowest BCUT2D eigenvalue weighted by Crippen LogP contribution is -1.97. The highest BCUT2D eigenvalue weighted by Gasteiger charge is 2.19. The molecule has 0 radical (unpaired) electrons. The van der Waals surface area contributed by atoms with Gasteiger partial charge in [0.05, 0.1) is 22.1 Å². The summed E-state index contributed by atoms with van der Waals surface area (Å²) in [7, 11) is 0. The van der Waals surface area contributed by atoms with Crippen molar-refractivity contribution < 1.29 is 0 Å². The fourth-order valence-corrected chi connectivity index (χ4v) is 8.97. The van der Waals surface area contributed by atoms with Crippen LogP contribution in [0.4, 0.5) is 0 Å². The van der Waals surface area contributed by atoms with E-state index in [1.807, 2.05) is 12.1 Å². The Morgan fingerprint density at radius 2 is 0.672 bits per heavy atom. The van der Waals surface area contributed by atoms with Gasteiger partial charge in [0.1, 0.15) is 11.6 Å². The molecule has 274 valence electrons. The van der Waals surface area contributed by atoms with Gasteiger partial charge in [0.15, 0.2) is 0 Å². The summed E-state index contributed by atoms with van der Waals surface area (Å²) in [5, 5.41) is 4.92. The average Bonchev–Trinajstić information content (AvgIpc) is 3.80. The summed E-state index contributed by atoms with van der Waals surface area (Å²) in [6.45, 7) is 4.14. The van der Waals surface area contributed by atoms with E-state index in [0.29, 0.717) is 0 Å². The van der Waals surface area contributed by atoms with Gasteiger partial charge in [-0.25, -0.2) is 9.97 Å². The van der Waals surface area contributed by atoms with Crippen LogP contribution < -0.4 is 0 Å². The average molecular weight is 743 g/mol. The van der Waals surface area contributed by atoms with Crippen LogP contribution in [0.1, 0.15) is 11.6 Å². The van der Waals surface area contributed by atoms with Crippen LogP contribution in [0.3, 0.4) is 0 Å². The number of rotatable bonds is 6. The molecule has 2 heterocycles. The molecule has 0 aliphatic carbocycles. The zero-order chi connectivity index (χ0) is 38.7. The van der Waals surface area contributed by atoms with Gasteiger partial charge in [-0.1, -0.05) is 133 Å². The maximum absolute atomic E-state index is 4.81. The first kappa shape index (κ1) is 33.8. The molecule has 0 saturated heterocycles. The monoisotopic (exact) mass is 742 g/mol. The number of hydrogen-bond acceptors (Lipinski definition) is 2. The normalized spacial score (nSPS) is 11.6. The Bertz CT molecular complexity index is 3090. The molecule has 4 heteroatoms. The van der Waals surface area contributed by atoms with Crippen LogP contribution >= 0.6 is 0 Å². The van der Waals surface area contributed by atoms with Gasteiger partial charge in [-0.2, -0.15) is 0 Å². The summed E-state index contributed by atoms with van der Waals surface area (Å²) in [5.74, 6) is 1.96. The molecule has 0 N–H and O–H groups in total. The molecule has 0 bridgehead atoms. The van der Waals surface area contributed by atoms with E-state index in [2.05, 4.69) is 205 Å². The molecule has 0 aliphatic heterocycles. The van der Waals surface area contributed by atoms with E-state index in [-0.39, 0.29) is 0 Å². The maximum Gasteiger partial charge on any atom is 0.111 e. The Morgan fingerprint density at radius 1 is 0.310 bits per heavy atom. The fourth-order valence-electron chi connectivity index (χ4n) is 8.97. The van der Waals surface area contributed by atoms with Gasteiger partial charge in [0.25, 0.3) is 0 Å². The first-order valence-electron chi connectivity index (χ1n) is 19.8. The van der Waals surface area contributed by atoms with Crippen molar-refractivity contribution in [2.24, 2.45) is 0 Å². The first-order valence-corrected chi connectivity index (χ1v) is 19.8. The van der Waals surface area contributed by atoms with Crippen molar-refractivity contribution in [3.63, 3.8) is 0 Å². The third-order valence-corrected chi connectivity index (χ3v) is 11.6. The van der Waals surface area contributed by atoms with E-state index in [9.17, 15) is 0 Å². The first-order chi connectivity index (χ1) is 28.6. The van der Waals surface area contributed by atoms with Gasteiger partial charge < -0.3 is 0 Å². The molecule has 2 aromatic heterocycles. The van der Waals surface area contributed by atoms with E-state index < -0.39 is 0 Å². The molecule has 11 rings (SSSR count). The topological polar surface area (TPSA) is 35.6 Å². The van der Waals surface area contributed by atoms with Crippen molar-refractivity contribution in [2.45, 2.75) is 13.8 Å². The standard InChI is InChI=1S/C54H38N4/c1-35-55-49-17-9-11-19-51(49)57(35)43-27-21-37(22-28-43)41-25-31-45-47(33-41)53(39-13-5-3-6-14-39)46-32-26-42(34-48(46)54(45)40-15-7-4-8-16-40)38-23-29-44(30-24-38)58-36(2)56-50-18-10-12-20-52(50)58/h3-34H,1-2H3. The summed E-state index contributed by atoms with van der Waals surface area (Å²) in [6.07, 6.45) is 0. The molecule has 0 amide bonds. The largest absolute Gasteiger partial charge is 0.297 e. The molecule has 11 aromatic rings. The van der Waals surface area contributed by atoms with E-state index in [0.717, 1.165) is 45.1 Å². The van der Waals surface area contributed by atoms with Crippen LogP contribution in [0.2, 0.25) is 0 Å². The summed E-state index contributed by atoms with van der Waals surface area (Å²) in [4.78, 5) is 9.62. The van der Waals surface area contributed by atoms with Crippen LogP contribution in [-0.2, 0) is 0 Å². The quantitative estimate of drug-likeness (QED) is 0.159. The minimum absolute atomic E-state index is 0.978. The number of para-hydroxylation sites is 4. The van der Waals surface area contributed by atoms with Crippen molar-refractivity contribution in [3.8, 4) is 55.9 Å². The summed E-state index contributed by atoms with van der Waals surface area (Å²) in [6, 6.07) is 70.2. The molecule has 0 aliphatic rings. The lowest BCUT2D eigenvalue weighted by atomic mass is 9.84. The summed E-state index contributed by atoms with van der Waals surface area (Å²) in [5.41, 5.74) is 16.1. The molecular formula is C54H38N4. The molecule has 0 saturated carbocycles. The second-order valence-corrected chi connectivity index (χ2v) is 15.1. The number of fused-ring (bicyclic) bond motifs is 4. The van der Waals surface area contributed by atoms with Gasteiger partial charge >= 0.3 is 0 Å². The molecule has 9 aromatic carbocycles. The van der Waals surface area contributed by atoms with Gasteiger partial charge in [-0.3, -0.25) is 9.13 Å². The Balaban J connectivity index is 1.08. The summed E-state index contributed by atoms with van der Waals surface area (Å²) >= 11 is 0. The highest BCUT2D eigenvalue weighted by Crippen LogP contribution is 2.46. The minimum Gasteiger partial charge on any atom is -0.297 e. The SMILES string of the molecule is Cc1nc2ccccc2n1-c1ccc(-c2ccc3c(-c4ccccc4)c4cc(-c5ccc(-n6c(C)nc7ccccc76)cc5)ccc4c(-c4ccccc4)c3c2)cc1. The van der Waals surface area contributed by atoms with Crippen LogP contribution in [0.25, 0.3) is 99.5 Å². The number of benzene rings is 9. The Kier molecular flexibility index (Phi) is 7.90. The second-order valence-electron chi connectivity index (χ2n) is 15.1. The lowest BCUT2D eigenvalue weighted by Gasteiger charge is -2.20. The van der Waals surface area contributed by atoms with Crippen molar-refractivity contribution in [1.29, 1.82) is 0 Å². The van der Waals surface area contributed by atoms with E-state index in [1.165, 1.54) is 66.1 Å².